The first-order valence-electron chi connectivity index (χ1n) is 8.44. The lowest BCUT2D eigenvalue weighted by molar-refractivity contribution is -0.137. The standard InChI is InChI=1S/C18H26ClF3N2/c1-4-8-17(13-23(2)3)9-11-24(12-10-17)15-7-5-6-14(19)16(15)18(20,21)22/h5-7H,4,8-13H2,1-3H3. The zero-order valence-corrected chi connectivity index (χ0v) is 15.3. The number of anilines is 1. The van der Waals surface area contributed by atoms with Gasteiger partial charge in [-0.25, -0.2) is 0 Å². The van der Waals surface area contributed by atoms with Crippen molar-refractivity contribution in [1.82, 2.24) is 4.90 Å². The van der Waals surface area contributed by atoms with E-state index in [1.807, 2.05) is 4.90 Å². The second-order valence-corrected chi connectivity index (χ2v) is 7.51. The summed E-state index contributed by atoms with van der Waals surface area (Å²) in [5.41, 5.74) is -0.293. The maximum Gasteiger partial charge on any atom is 0.419 e. The molecule has 0 spiro atoms. The fraction of sp³-hybridized carbons (Fsp3) is 0.667. The van der Waals surface area contributed by atoms with Crippen molar-refractivity contribution in [3.8, 4) is 0 Å². The molecule has 0 aromatic heterocycles. The second kappa shape index (κ2) is 7.52. The van der Waals surface area contributed by atoms with Crippen molar-refractivity contribution in [1.29, 1.82) is 0 Å². The molecule has 1 fully saturated rings. The van der Waals surface area contributed by atoms with Gasteiger partial charge in [-0.1, -0.05) is 31.0 Å². The van der Waals surface area contributed by atoms with E-state index in [1.165, 1.54) is 12.1 Å². The Labute approximate surface area is 147 Å². The number of hydrogen-bond donors (Lipinski definition) is 0. The van der Waals surface area contributed by atoms with E-state index in [0.717, 1.165) is 32.2 Å². The fourth-order valence-corrected chi connectivity index (χ4v) is 4.24. The number of benzene rings is 1. The van der Waals surface area contributed by atoms with Gasteiger partial charge in [-0.3, -0.25) is 0 Å². The molecule has 0 bridgehead atoms. The molecule has 2 nitrogen and oxygen atoms in total. The molecule has 0 unspecified atom stereocenters. The molecule has 0 N–H and O–H groups in total. The van der Waals surface area contributed by atoms with E-state index in [0.29, 0.717) is 13.1 Å². The van der Waals surface area contributed by atoms with Gasteiger partial charge in [0.05, 0.1) is 16.3 Å². The van der Waals surface area contributed by atoms with Crippen LogP contribution in [0.4, 0.5) is 18.9 Å². The molecular formula is C18H26ClF3N2. The molecule has 0 aliphatic carbocycles. The van der Waals surface area contributed by atoms with Crippen LogP contribution in [0.2, 0.25) is 5.02 Å². The molecule has 24 heavy (non-hydrogen) atoms. The molecule has 6 heteroatoms. The summed E-state index contributed by atoms with van der Waals surface area (Å²) in [6.07, 6.45) is -0.416. The Hall–Kier alpha value is -0.940. The Kier molecular flexibility index (Phi) is 6.08. The summed E-state index contributed by atoms with van der Waals surface area (Å²) in [6.45, 7) is 4.42. The van der Waals surface area contributed by atoms with Gasteiger partial charge in [0.1, 0.15) is 0 Å². The van der Waals surface area contributed by atoms with Gasteiger partial charge in [-0.15, -0.1) is 0 Å². The number of alkyl halides is 3. The Balaban J connectivity index is 2.22. The topological polar surface area (TPSA) is 6.48 Å². The van der Waals surface area contributed by atoms with E-state index in [1.54, 1.807) is 6.07 Å². The molecule has 1 saturated heterocycles. The number of nitrogens with zero attached hydrogens (tertiary/aromatic N) is 2. The number of rotatable bonds is 5. The van der Waals surface area contributed by atoms with E-state index in [-0.39, 0.29) is 16.1 Å². The van der Waals surface area contributed by atoms with Crippen molar-refractivity contribution in [2.45, 2.75) is 38.8 Å². The van der Waals surface area contributed by atoms with Crippen LogP contribution >= 0.6 is 11.6 Å². The Morgan fingerprint density at radius 1 is 1.21 bits per heavy atom. The lowest BCUT2D eigenvalue weighted by Gasteiger charge is -2.44. The number of piperidine rings is 1. The Morgan fingerprint density at radius 3 is 2.33 bits per heavy atom. The average molecular weight is 363 g/mol. The van der Waals surface area contributed by atoms with Gasteiger partial charge in [-0.2, -0.15) is 13.2 Å². The van der Waals surface area contributed by atoms with E-state index in [4.69, 9.17) is 11.6 Å². The second-order valence-electron chi connectivity index (χ2n) is 7.11. The van der Waals surface area contributed by atoms with Gasteiger partial charge in [0, 0.05) is 19.6 Å². The first-order chi connectivity index (χ1) is 11.2. The number of halogens is 4. The molecule has 1 aromatic carbocycles. The monoisotopic (exact) mass is 362 g/mol. The van der Waals surface area contributed by atoms with Crippen molar-refractivity contribution in [2.24, 2.45) is 5.41 Å². The molecular weight excluding hydrogens is 337 g/mol. The van der Waals surface area contributed by atoms with E-state index < -0.39 is 11.7 Å². The van der Waals surface area contributed by atoms with E-state index >= 15 is 0 Å². The van der Waals surface area contributed by atoms with Crippen molar-refractivity contribution in [3.63, 3.8) is 0 Å². The number of hydrogen-bond acceptors (Lipinski definition) is 2. The van der Waals surface area contributed by atoms with E-state index in [9.17, 15) is 13.2 Å². The molecule has 136 valence electrons. The zero-order valence-electron chi connectivity index (χ0n) is 14.6. The van der Waals surface area contributed by atoms with Gasteiger partial charge in [0.15, 0.2) is 0 Å². The highest BCUT2D eigenvalue weighted by molar-refractivity contribution is 6.31. The molecule has 0 radical (unpaired) electrons. The summed E-state index contributed by atoms with van der Waals surface area (Å²) in [5.74, 6) is 0. The Bertz CT molecular complexity index is 550. The average Bonchev–Trinajstić information content (AvgIpc) is 2.46. The molecule has 1 aliphatic rings. The summed E-state index contributed by atoms with van der Waals surface area (Å²) < 4.78 is 40.2. The molecule has 0 amide bonds. The molecule has 2 rings (SSSR count). The van der Waals surface area contributed by atoms with Crippen LogP contribution in [0.3, 0.4) is 0 Å². The van der Waals surface area contributed by atoms with Crippen molar-refractivity contribution >= 4 is 17.3 Å². The minimum atomic E-state index is -4.44. The first kappa shape index (κ1) is 19.4. The van der Waals surface area contributed by atoms with Crippen LogP contribution in [0.15, 0.2) is 18.2 Å². The molecule has 1 aliphatic heterocycles. The summed E-state index contributed by atoms with van der Waals surface area (Å²) >= 11 is 5.85. The quantitative estimate of drug-likeness (QED) is 0.700. The smallest absolute Gasteiger partial charge is 0.371 e. The predicted octanol–water partition coefficient (Wildman–Crippen LogP) is 5.31. The van der Waals surface area contributed by atoms with Gasteiger partial charge < -0.3 is 9.80 Å². The summed E-state index contributed by atoms with van der Waals surface area (Å²) in [7, 11) is 4.12. The lowest BCUT2D eigenvalue weighted by atomic mass is 9.74. The summed E-state index contributed by atoms with van der Waals surface area (Å²) in [6, 6.07) is 4.44. The SMILES string of the molecule is CCCC1(CN(C)C)CCN(c2cccc(Cl)c2C(F)(F)F)CC1. The lowest BCUT2D eigenvalue weighted by Crippen LogP contribution is -2.45. The minimum absolute atomic E-state index is 0.200. The van der Waals surface area contributed by atoms with Crippen molar-refractivity contribution < 1.29 is 13.2 Å². The first-order valence-corrected chi connectivity index (χ1v) is 8.82. The van der Waals surface area contributed by atoms with Crippen LogP contribution in [-0.4, -0.2) is 38.6 Å². The third-order valence-corrected chi connectivity index (χ3v) is 5.19. The van der Waals surface area contributed by atoms with E-state index in [2.05, 4.69) is 25.9 Å². The van der Waals surface area contributed by atoms with Crippen LogP contribution in [0.25, 0.3) is 0 Å². The molecule has 1 aromatic rings. The van der Waals surface area contributed by atoms with Crippen LogP contribution in [0, 0.1) is 5.41 Å². The van der Waals surface area contributed by atoms with Crippen LogP contribution in [0.5, 0.6) is 0 Å². The minimum Gasteiger partial charge on any atom is -0.371 e. The summed E-state index contributed by atoms with van der Waals surface area (Å²) in [5, 5.41) is -0.223. The summed E-state index contributed by atoms with van der Waals surface area (Å²) in [4.78, 5) is 4.03. The maximum atomic E-state index is 13.4. The highest BCUT2D eigenvalue weighted by Gasteiger charge is 2.40. The van der Waals surface area contributed by atoms with Gasteiger partial charge in [0.2, 0.25) is 0 Å². The van der Waals surface area contributed by atoms with Gasteiger partial charge >= 0.3 is 6.18 Å². The normalized spacial score (nSPS) is 18.2. The van der Waals surface area contributed by atoms with Gasteiger partial charge in [-0.05, 0) is 50.9 Å². The Morgan fingerprint density at radius 2 is 1.83 bits per heavy atom. The maximum absolute atomic E-state index is 13.4. The third-order valence-electron chi connectivity index (χ3n) is 4.87. The molecule has 1 heterocycles. The van der Waals surface area contributed by atoms with Crippen LogP contribution in [-0.2, 0) is 6.18 Å². The highest BCUT2D eigenvalue weighted by atomic mass is 35.5. The highest BCUT2D eigenvalue weighted by Crippen LogP contribution is 2.44. The van der Waals surface area contributed by atoms with Crippen molar-refractivity contribution in [2.75, 3.05) is 38.6 Å². The van der Waals surface area contributed by atoms with Crippen LogP contribution < -0.4 is 4.90 Å². The predicted molar refractivity (Wildman–Crippen MR) is 93.8 cm³/mol. The van der Waals surface area contributed by atoms with Crippen LogP contribution in [0.1, 0.15) is 38.2 Å². The largest absolute Gasteiger partial charge is 0.419 e. The van der Waals surface area contributed by atoms with Crippen molar-refractivity contribution in [3.05, 3.63) is 28.8 Å². The van der Waals surface area contributed by atoms with Gasteiger partial charge in [0.25, 0.3) is 0 Å². The zero-order chi connectivity index (χ0) is 18.0. The fourth-order valence-electron chi connectivity index (χ4n) is 3.97. The molecule has 0 saturated carbocycles. The molecule has 0 atom stereocenters. The third kappa shape index (κ3) is 4.37.